The summed E-state index contributed by atoms with van der Waals surface area (Å²) >= 11 is 6.08. The molecule has 1 amide bonds. The summed E-state index contributed by atoms with van der Waals surface area (Å²) in [6, 6.07) is 9.46. The van der Waals surface area contributed by atoms with Crippen molar-refractivity contribution in [3.63, 3.8) is 0 Å². The van der Waals surface area contributed by atoms with Gasteiger partial charge in [0.25, 0.3) is 5.91 Å². The molecule has 0 aromatic heterocycles. The first-order valence-electron chi connectivity index (χ1n) is 8.65. The molecule has 2 unspecified atom stereocenters. The third kappa shape index (κ3) is 3.82. The fourth-order valence-electron chi connectivity index (χ4n) is 4.71. The van der Waals surface area contributed by atoms with Gasteiger partial charge in [0.05, 0.1) is 10.7 Å². The minimum Gasteiger partial charge on any atom is -0.373 e. The molecule has 1 aromatic rings. The molecule has 0 radical (unpaired) electrons. The Morgan fingerprint density at radius 2 is 2.08 bits per heavy atom. The molecule has 1 aliphatic carbocycles. The molecule has 5 heteroatoms. The summed E-state index contributed by atoms with van der Waals surface area (Å²) in [5.74, 6) is -0.415. The number of anilines is 1. The van der Waals surface area contributed by atoms with Gasteiger partial charge in [0.2, 0.25) is 0 Å². The number of para-hydroxylation sites is 1. The number of benzene rings is 1. The lowest BCUT2D eigenvalue weighted by molar-refractivity contribution is -0.112. The van der Waals surface area contributed by atoms with Crippen molar-refractivity contribution in [1.82, 2.24) is 4.90 Å². The number of nitrogens with zero attached hydrogens (tertiary/aromatic N) is 2. The van der Waals surface area contributed by atoms with Crippen molar-refractivity contribution in [2.24, 2.45) is 10.8 Å². The van der Waals surface area contributed by atoms with E-state index >= 15 is 0 Å². The molecule has 1 aliphatic heterocycles. The summed E-state index contributed by atoms with van der Waals surface area (Å²) in [4.78, 5) is 14.7. The largest absolute Gasteiger partial charge is 0.373 e. The van der Waals surface area contributed by atoms with E-state index in [1.54, 1.807) is 30.5 Å². The maximum absolute atomic E-state index is 12.5. The molecule has 2 atom stereocenters. The smallest absolute Gasteiger partial charge is 0.267 e. The number of amides is 1. The number of nitriles is 1. The molecular formula is C20H24ClN3O. The third-order valence-electron chi connectivity index (χ3n) is 5.24. The van der Waals surface area contributed by atoms with Crippen molar-refractivity contribution in [1.29, 1.82) is 5.26 Å². The van der Waals surface area contributed by atoms with Crippen molar-refractivity contribution < 1.29 is 4.79 Å². The number of hydrogen-bond acceptors (Lipinski definition) is 3. The lowest BCUT2D eigenvalue weighted by Gasteiger charge is -2.39. The zero-order valence-corrected chi connectivity index (χ0v) is 15.7. The van der Waals surface area contributed by atoms with Gasteiger partial charge in [0, 0.05) is 18.8 Å². The van der Waals surface area contributed by atoms with E-state index in [-0.39, 0.29) is 11.0 Å². The number of fused-ring (bicyclic) bond motifs is 2. The molecule has 25 heavy (non-hydrogen) atoms. The van der Waals surface area contributed by atoms with Gasteiger partial charge in [-0.15, -0.1) is 0 Å². The summed E-state index contributed by atoms with van der Waals surface area (Å²) in [7, 11) is 0. The molecule has 4 nitrogen and oxygen atoms in total. The van der Waals surface area contributed by atoms with Crippen LogP contribution in [0.15, 0.2) is 36.0 Å². The van der Waals surface area contributed by atoms with Crippen LogP contribution in [0.3, 0.4) is 0 Å². The van der Waals surface area contributed by atoms with Crippen molar-refractivity contribution in [3.05, 3.63) is 41.1 Å². The monoisotopic (exact) mass is 357 g/mol. The second kappa shape index (κ2) is 6.38. The van der Waals surface area contributed by atoms with Gasteiger partial charge in [-0.1, -0.05) is 44.5 Å². The SMILES string of the molecule is CC1(C)CC2CC(C)(CN2/C=C(/C#N)C(=O)Nc2ccccc2Cl)C1. The molecule has 2 fully saturated rings. The Labute approximate surface area is 154 Å². The highest BCUT2D eigenvalue weighted by atomic mass is 35.5. The first-order valence-corrected chi connectivity index (χ1v) is 9.03. The molecule has 1 N–H and O–H groups in total. The summed E-state index contributed by atoms with van der Waals surface area (Å²) in [5, 5.41) is 12.7. The zero-order valence-electron chi connectivity index (χ0n) is 15.0. The molecular weight excluding hydrogens is 334 g/mol. The van der Waals surface area contributed by atoms with E-state index in [0.29, 0.717) is 22.2 Å². The van der Waals surface area contributed by atoms with E-state index in [9.17, 15) is 10.1 Å². The third-order valence-corrected chi connectivity index (χ3v) is 5.57. The van der Waals surface area contributed by atoms with Crippen LogP contribution in [0.5, 0.6) is 0 Å². The Kier molecular flexibility index (Phi) is 4.55. The fraction of sp³-hybridized carbons (Fsp3) is 0.500. The Hall–Kier alpha value is -1.99. The van der Waals surface area contributed by atoms with Crippen LogP contribution in [0.1, 0.15) is 40.0 Å². The van der Waals surface area contributed by atoms with Crippen molar-refractivity contribution in [2.45, 2.75) is 46.1 Å². The van der Waals surface area contributed by atoms with Crippen LogP contribution in [0, 0.1) is 22.2 Å². The molecule has 2 bridgehead atoms. The van der Waals surface area contributed by atoms with Gasteiger partial charge >= 0.3 is 0 Å². The predicted molar refractivity (Wildman–Crippen MR) is 100 cm³/mol. The molecule has 1 saturated carbocycles. The maximum Gasteiger partial charge on any atom is 0.267 e. The van der Waals surface area contributed by atoms with E-state index in [0.717, 1.165) is 19.4 Å². The molecule has 132 valence electrons. The van der Waals surface area contributed by atoms with Crippen LogP contribution in [-0.2, 0) is 4.79 Å². The second-order valence-electron chi connectivity index (χ2n) is 8.47. The van der Waals surface area contributed by atoms with Gasteiger partial charge in [-0.25, -0.2) is 0 Å². The predicted octanol–water partition coefficient (Wildman–Crippen LogP) is 4.59. The lowest BCUT2D eigenvalue weighted by atomic mass is 9.65. The second-order valence-corrected chi connectivity index (χ2v) is 8.88. The number of carbonyl (C=O) groups excluding carboxylic acids is 1. The van der Waals surface area contributed by atoms with Crippen LogP contribution in [0.4, 0.5) is 5.69 Å². The maximum atomic E-state index is 12.5. The van der Waals surface area contributed by atoms with Crippen LogP contribution >= 0.6 is 11.6 Å². The molecule has 1 aromatic carbocycles. The van der Waals surface area contributed by atoms with E-state index in [1.807, 2.05) is 6.07 Å². The Morgan fingerprint density at radius 3 is 2.76 bits per heavy atom. The Balaban J connectivity index is 1.78. The quantitative estimate of drug-likeness (QED) is 0.636. The standard InChI is InChI=1S/C20H24ClN3O/c1-19(2)8-15-9-20(3,12-19)13-24(15)11-14(10-22)18(25)23-17-7-5-4-6-16(17)21/h4-7,11,15H,8-9,12-13H2,1-3H3,(H,23,25)/b14-11-. The lowest BCUT2D eigenvalue weighted by Crippen LogP contribution is -2.33. The summed E-state index contributed by atoms with van der Waals surface area (Å²) in [5.41, 5.74) is 1.19. The average Bonchev–Trinajstić information content (AvgIpc) is 2.75. The van der Waals surface area contributed by atoms with E-state index in [4.69, 9.17) is 11.6 Å². The summed E-state index contributed by atoms with van der Waals surface area (Å²) in [6.07, 6.45) is 5.12. The first-order chi connectivity index (χ1) is 11.7. The topological polar surface area (TPSA) is 56.1 Å². The number of carbonyl (C=O) groups is 1. The Bertz CT molecular complexity index is 764. The summed E-state index contributed by atoms with van der Waals surface area (Å²) < 4.78 is 0. The van der Waals surface area contributed by atoms with Gasteiger partial charge in [-0.05, 0) is 42.2 Å². The highest BCUT2D eigenvalue weighted by Crippen LogP contribution is 2.52. The van der Waals surface area contributed by atoms with Gasteiger partial charge in [0.15, 0.2) is 0 Å². The van der Waals surface area contributed by atoms with Crippen LogP contribution < -0.4 is 5.32 Å². The highest BCUT2D eigenvalue weighted by molar-refractivity contribution is 6.33. The van der Waals surface area contributed by atoms with E-state index in [1.165, 1.54) is 6.42 Å². The zero-order chi connectivity index (χ0) is 18.2. The van der Waals surface area contributed by atoms with Gasteiger partial charge in [-0.2, -0.15) is 5.26 Å². The number of halogens is 1. The van der Waals surface area contributed by atoms with E-state index < -0.39 is 5.91 Å². The van der Waals surface area contributed by atoms with Crippen LogP contribution in [0.25, 0.3) is 0 Å². The normalized spacial score (nSPS) is 27.7. The molecule has 2 aliphatic rings. The first kappa shape index (κ1) is 17.8. The molecule has 1 heterocycles. The van der Waals surface area contributed by atoms with Crippen molar-refractivity contribution in [2.75, 3.05) is 11.9 Å². The minimum absolute atomic E-state index is 0.119. The Morgan fingerprint density at radius 1 is 1.36 bits per heavy atom. The number of likely N-dealkylation sites (tertiary alicyclic amines) is 1. The van der Waals surface area contributed by atoms with Crippen LogP contribution in [-0.4, -0.2) is 23.4 Å². The summed E-state index contributed by atoms with van der Waals surface area (Å²) in [6.45, 7) is 7.82. The number of hydrogen-bond donors (Lipinski definition) is 1. The van der Waals surface area contributed by atoms with E-state index in [2.05, 4.69) is 31.0 Å². The average molecular weight is 358 g/mol. The number of nitrogens with one attached hydrogen (secondary N) is 1. The minimum atomic E-state index is -0.415. The molecule has 3 rings (SSSR count). The molecule has 0 spiro atoms. The van der Waals surface area contributed by atoms with Gasteiger partial charge < -0.3 is 10.2 Å². The van der Waals surface area contributed by atoms with Gasteiger partial charge in [-0.3, -0.25) is 4.79 Å². The molecule has 1 saturated heterocycles. The fourth-order valence-corrected chi connectivity index (χ4v) is 4.89. The van der Waals surface area contributed by atoms with Crippen LogP contribution in [0.2, 0.25) is 5.02 Å². The number of rotatable bonds is 3. The van der Waals surface area contributed by atoms with Crippen molar-refractivity contribution >= 4 is 23.2 Å². The van der Waals surface area contributed by atoms with Crippen molar-refractivity contribution in [3.8, 4) is 6.07 Å². The van der Waals surface area contributed by atoms with Gasteiger partial charge in [0.1, 0.15) is 11.6 Å². The highest BCUT2D eigenvalue weighted by Gasteiger charge is 2.48.